The van der Waals surface area contributed by atoms with Crippen LogP contribution < -0.4 is 4.90 Å². The summed E-state index contributed by atoms with van der Waals surface area (Å²) in [4.78, 5) is 40.7. The van der Waals surface area contributed by atoms with Gasteiger partial charge < -0.3 is 4.74 Å². The second-order valence-electron chi connectivity index (χ2n) is 8.60. The highest BCUT2D eigenvalue weighted by atomic mass is 16.5. The lowest BCUT2D eigenvalue weighted by atomic mass is 10.0. The summed E-state index contributed by atoms with van der Waals surface area (Å²) in [6, 6.07) is 29.0. The first-order chi connectivity index (χ1) is 16.9. The van der Waals surface area contributed by atoms with E-state index in [1.54, 1.807) is 6.07 Å². The quantitative estimate of drug-likeness (QED) is 0.268. The molecule has 5 nitrogen and oxygen atoms in total. The molecule has 0 fully saturated rings. The van der Waals surface area contributed by atoms with E-state index in [1.807, 2.05) is 86.6 Å². The van der Waals surface area contributed by atoms with Crippen molar-refractivity contribution in [1.29, 1.82) is 0 Å². The van der Waals surface area contributed by atoms with E-state index < -0.39 is 23.9 Å². The Morgan fingerprint density at radius 2 is 1.31 bits per heavy atom. The van der Waals surface area contributed by atoms with Crippen molar-refractivity contribution in [2.24, 2.45) is 0 Å². The number of rotatable bonds is 5. The Hall–Kier alpha value is -4.51. The van der Waals surface area contributed by atoms with Gasteiger partial charge in [0.05, 0.1) is 22.4 Å². The van der Waals surface area contributed by atoms with Crippen LogP contribution in [0.1, 0.15) is 59.4 Å². The van der Waals surface area contributed by atoms with E-state index in [0.29, 0.717) is 5.69 Å². The van der Waals surface area contributed by atoms with Crippen LogP contribution in [0.15, 0.2) is 97.1 Å². The van der Waals surface area contributed by atoms with E-state index >= 15 is 0 Å². The lowest BCUT2D eigenvalue weighted by Crippen LogP contribution is -2.30. The standard InChI is InChI=1S/C30H23NO4/c1-19-13-16-26(20(2)17-19)31-28(32)24-15-14-23(18-25(24)29(31)33)30(34)35-27(21-9-5-3-6-10-21)22-11-7-4-8-12-22/h3-18,27H,1-2H3. The molecule has 0 aliphatic carbocycles. The molecular formula is C30H23NO4. The summed E-state index contributed by atoms with van der Waals surface area (Å²) in [6.07, 6.45) is -0.609. The van der Waals surface area contributed by atoms with Crippen molar-refractivity contribution in [2.45, 2.75) is 20.0 Å². The second kappa shape index (κ2) is 9.03. The Labute approximate surface area is 203 Å². The number of nitrogens with zero attached hydrogens (tertiary/aromatic N) is 1. The highest BCUT2D eigenvalue weighted by Gasteiger charge is 2.38. The average Bonchev–Trinajstić information content (AvgIpc) is 3.13. The van der Waals surface area contributed by atoms with E-state index in [4.69, 9.17) is 4.74 Å². The number of aryl methyl sites for hydroxylation is 2. The summed E-state index contributed by atoms with van der Waals surface area (Å²) in [5, 5.41) is 0. The smallest absolute Gasteiger partial charge is 0.339 e. The summed E-state index contributed by atoms with van der Waals surface area (Å²) in [5.74, 6) is -1.42. The molecule has 0 unspecified atom stereocenters. The maximum atomic E-state index is 13.2. The number of anilines is 1. The molecule has 0 spiro atoms. The van der Waals surface area contributed by atoms with Crippen LogP contribution in [0.3, 0.4) is 0 Å². The zero-order valence-electron chi connectivity index (χ0n) is 19.4. The summed E-state index contributed by atoms with van der Waals surface area (Å²) in [6.45, 7) is 3.82. The molecule has 0 saturated heterocycles. The zero-order valence-corrected chi connectivity index (χ0v) is 19.4. The largest absolute Gasteiger partial charge is 0.449 e. The van der Waals surface area contributed by atoms with Crippen LogP contribution in [0.2, 0.25) is 0 Å². The lowest BCUT2D eigenvalue weighted by Gasteiger charge is -2.19. The topological polar surface area (TPSA) is 63.7 Å². The number of ether oxygens (including phenoxy) is 1. The Bertz CT molecular complexity index is 1400. The molecule has 0 bridgehead atoms. The van der Waals surface area contributed by atoms with Gasteiger partial charge in [0.2, 0.25) is 0 Å². The Balaban J connectivity index is 1.46. The molecule has 0 radical (unpaired) electrons. The SMILES string of the molecule is Cc1ccc(N2C(=O)c3ccc(C(=O)OC(c4ccccc4)c4ccccc4)cc3C2=O)c(C)c1. The number of amides is 2. The molecule has 0 saturated carbocycles. The van der Waals surface area contributed by atoms with Crippen molar-refractivity contribution in [3.63, 3.8) is 0 Å². The number of hydrogen-bond donors (Lipinski definition) is 0. The van der Waals surface area contributed by atoms with Crippen LogP contribution in [-0.2, 0) is 4.74 Å². The zero-order chi connectivity index (χ0) is 24.5. The van der Waals surface area contributed by atoms with Gasteiger partial charge in [-0.05, 0) is 54.8 Å². The fraction of sp³-hybridized carbons (Fsp3) is 0.100. The van der Waals surface area contributed by atoms with Crippen molar-refractivity contribution in [3.8, 4) is 0 Å². The van der Waals surface area contributed by atoms with E-state index in [-0.39, 0.29) is 16.7 Å². The predicted octanol–water partition coefficient (Wildman–Crippen LogP) is 6.05. The van der Waals surface area contributed by atoms with Crippen molar-refractivity contribution in [1.82, 2.24) is 0 Å². The number of benzene rings is 4. The van der Waals surface area contributed by atoms with Gasteiger partial charge in [-0.25, -0.2) is 9.69 Å². The van der Waals surface area contributed by atoms with Gasteiger partial charge in [0.1, 0.15) is 0 Å². The number of esters is 1. The van der Waals surface area contributed by atoms with Gasteiger partial charge >= 0.3 is 5.97 Å². The number of hydrogen-bond acceptors (Lipinski definition) is 4. The summed E-state index contributed by atoms with van der Waals surface area (Å²) < 4.78 is 5.93. The van der Waals surface area contributed by atoms with Gasteiger partial charge in [0, 0.05) is 0 Å². The van der Waals surface area contributed by atoms with Crippen molar-refractivity contribution >= 4 is 23.5 Å². The molecule has 1 aliphatic rings. The maximum Gasteiger partial charge on any atom is 0.339 e. The van der Waals surface area contributed by atoms with Gasteiger partial charge in [-0.2, -0.15) is 0 Å². The molecule has 0 N–H and O–H groups in total. The van der Waals surface area contributed by atoms with Crippen molar-refractivity contribution < 1.29 is 19.1 Å². The molecular weight excluding hydrogens is 438 g/mol. The maximum absolute atomic E-state index is 13.2. The summed E-state index contributed by atoms with van der Waals surface area (Å²) in [7, 11) is 0. The van der Waals surface area contributed by atoms with Gasteiger partial charge in [-0.1, -0.05) is 78.4 Å². The molecule has 0 atom stereocenters. The van der Waals surface area contributed by atoms with Gasteiger partial charge in [0.25, 0.3) is 11.8 Å². The minimum absolute atomic E-state index is 0.195. The number of fused-ring (bicyclic) bond motifs is 1. The van der Waals surface area contributed by atoms with Crippen molar-refractivity contribution in [2.75, 3.05) is 4.90 Å². The van der Waals surface area contributed by atoms with Gasteiger partial charge in [-0.15, -0.1) is 0 Å². The average molecular weight is 462 g/mol. The van der Waals surface area contributed by atoms with Crippen LogP contribution in [0.25, 0.3) is 0 Å². The molecule has 0 aromatic heterocycles. The van der Waals surface area contributed by atoms with Crippen LogP contribution in [-0.4, -0.2) is 17.8 Å². The summed E-state index contributed by atoms with van der Waals surface area (Å²) in [5.41, 5.74) is 4.76. The predicted molar refractivity (Wildman–Crippen MR) is 134 cm³/mol. The molecule has 5 heteroatoms. The third kappa shape index (κ3) is 4.13. The molecule has 35 heavy (non-hydrogen) atoms. The van der Waals surface area contributed by atoms with Crippen LogP contribution in [0.4, 0.5) is 5.69 Å². The Kier molecular flexibility index (Phi) is 5.75. The Morgan fingerprint density at radius 3 is 1.91 bits per heavy atom. The molecule has 1 aliphatic heterocycles. The van der Waals surface area contributed by atoms with Gasteiger partial charge in [-0.3, -0.25) is 9.59 Å². The fourth-order valence-electron chi connectivity index (χ4n) is 4.40. The second-order valence-corrected chi connectivity index (χ2v) is 8.60. The molecule has 4 aromatic rings. The highest BCUT2D eigenvalue weighted by molar-refractivity contribution is 6.35. The minimum Gasteiger partial charge on any atom is -0.449 e. The third-order valence-corrected chi connectivity index (χ3v) is 6.14. The van der Waals surface area contributed by atoms with Crippen LogP contribution in [0, 0.1) is 13.8 Å². The first-order valence-electron chi connectivity index (χ1n) is 11.3. The monoisotopic (exact) mass is 461 g/mol. The van der Waals surface area contributed by atoms with Crippen LogP contribution in [0.5, 0.6) is 0 Å². The summed E-state index contributed by atoms with van der Waals surface area (Å²) >= 11 is 0. The normalized spacial score (nSPS) is 12.7. The third-order valence-electron chi connectivity index (χ3n) is 6.14. The first-order valence-corrected chi connectivity index (χ1v) is 11.3. The Morgan fingerprint density at radius 1 is 0.714 bits per heavy atom. The fourth-order valence-corrected chi connectivity index (χ4v) is 4.40. The highest BCUT2D eigenvalue weighted by Crippen LogP contribution is 2.32. The number of carbonyl (C=O) groups excluding carboxylic acids is 3. The van der Waals surface area contributed by atoms with E-state index in [1.165, 1.54) is 23.1 Å². The van der Waals surface area contributed by atoms with Crippen molar-refractivity contribution in [3.05, 3.63) is 136 Å². The molecule has 1 heterocycles. The molecule has 5 rings (SSSR count). The first kappa shape index (κ1) is 22.3. The van der Waals surface area contributed by atoms with E-state index in [0.717, 1.165) is 22.3 Å². The lowest BCUT2D eigenvalue weighted by molar-refractivity contribution is 0.0378. The van der Waals surface area contributed by atoms with E-state index in [2.05, 4.69) is 0 Å². The molecule has 172 valence electrons. The van der Waals surface area contributed by atoms with E-state index in [9.17, 15) is 14.4 Å². The number of carbonyl (C=O) groups is 3. The molecule has 4 aromatic carbocycles. The molecule has 2 amide bonds. The minimum atomic E-state index is -0.609. The van der Waals surface area contributed by atoms with Crippen LogP contribution >= 0.6 is 0 Å². The number of imide groups is 1. The van der Waals surface area contributed by atoms with Gasteiger partial charge in [0.15, 0.2) is 6.10 Å².